The van der Waals surface area contributed by atoms with E-state index in [0.717, 1.165) is 60.9 Å². The van der Waals surface area contributed by atoms with Crippen molar-refractivity contribution in [3.63, 3.8) is 0 Å². The van der Waals surface area contributed by atoms with Crippen molar-refractivity contribution in [2.24, 2.45) is 0 Å². The summed E-state index contributed by atoms with van der Waals surface area (Å²) in [6.07, 6.45) is 2.89. The Hall–Kier alpha value is -2.02. The molecule has 3 rings (SSSR count). The zero-order valence-electron chi connectivity index (χ0n) is 14.4. The highest BCUT2D eigenvalue weighted by Crippen LogP contribution is 2.24. The first-order chi connectivity index (χ1) is 11.5. The van der Waals surface area contributed by atoms with Gasteiger partial charge in [-0.3, -0.25) is 4.79 Å². The summed E-state index contributed by atoms with van der Waals surface area (Å²) in [5, 5.41) is 3.47. The second-order valence-electron chi connectivity index (χ2n) is 6.13. The van der Waals surface area contributed by atoms with Crippen LogP contribution in [0, 0.1) is 13.8 Å². The number of carbonyl (C=O) groups excluding carboxylic acids is 1. The Labute approximate surface area is 146 Å². The lowest BCUT2D eigenvalue weighted by atomic mass is 10.1. The molecule has 0 bridgehead atoms. The summed E-state index contributed by atoms with van der Waals surface area (Å²) in [4.78, 5) is 28.2. The number of aromatic nitrogens is 3. The molecule has 0 aliphatic carbocycles. The number of carbonyl (C=O) groups is 1. The number of hydrogen-bond acceptors (Lipinski definition) is 6. The molecule has 0 aromatic carbocycles. The van der Waals surface area contributed by atoms with Gasteiger partial charge < -0.3 is 10.2 Å². The van der Waals surface area contributed by atoms with Gasteiger partial charge in [0.25, 0.3) is 0 Å². The molecule has 24 heavy (non-hydrogen) atoms. The number of anilines is 1. The van der Waals surface area contributed by atoms with Crippen LogP contribution in [-0.2, 0) is 24.2 Å². The van der Waals surface area contributed by atoms with E-state index >= 15 is 0 Å². The molecule has 7 heteroatoms. The van der Waals surface area contributed by atoms with Gasteiger partial charge >= 0.3 is 0 Å². The molecule has 0 fully saturated rings. The summed E-state index contributed by atoms with van der Waals surface area (Å²) in [7, 11) is 0. The maximum atomic E-state index is 11.6. The van der Waals surface area contributed by atoms with Crippen molar-refractivity contribution in [3.8, 4) is 0 Å². The molecule has 128 valence electrons. The molecule has 1 aliphatic rings. The smallest absolute Gasteiger partial charge is 0.219 e. The van der Waals surface area contributed by atoms with E-state index in [1.165, 1.54) is 4.88 Å². The largest absolute Gasteiger partial charge is 0.370 e. The highest BCUT2D eigenvalue weighted by Gasteiger charge is 2.22. The molecular weight excluding hydrogens is 322 g/mol. The van der Waals surface area contributed by atoms with Crippen LogP contribution in [0.1, 0.15) is 41.0 Å². The monoisotopic (exact) mass is 345 g/mol. The molecule has 0 unspecified atom stereocenters. The third-order valence-electron chi connectivity index (χ3n) is 4.34. The van der Waals surface area contributed by atoms with Gasteiger partial charge in [0.05, 0.1) is 23.4 Å². The predicted octanol–water partition coefficient (Wildman–Crippen LogP) is 2.50. The molecule has 3 heterocycles. The van der Waals surface area contributed by atoms with Crippen LogP contribution < -0.4 is 5.32 Å². The van der Waals surface area contributed by atoms with Crippen molar-refractivity contribution >= 4 is 23.1 Å². The van der Waals surface area contributed by atoms with Gasteiger partial charge in [-0.05, 0) is 33.1 Å². The van der Waals surface area contributed by atoms with Crippen LogP contribution >= 0.6 is 11.3 Å². The Kier molecular flexibility index (Phi) is 5.08. The van der Waals surface area contributed by atoms with Gasteiger partial charge in [-0.2, -0.15) is 0 Å². The lowest BCUT2D eigenvalue weighted by molar-refractivity contribution is -0.129. The first kappa shape index (κ1) is 16.8. The molecule has 2 aromatic heterocycles. The van der Waals surface area contributed by atoms with E-state index < -0.39 is 0 Å². The Morgan fingerprint density at radius 3 is 2.92 bits per heavy atom. The molecule has 2 aromatic rings. The first-order valence-electron chi connectivity index (χ1n) is 8.29. The molecule has 1 amide bonds. The Bertz CT molecular complexity index is 743. The average molecular weight is 345 g/mol. The van der Waals surface area contributed by atoms with Gasteiger partial charge in [0.1, 0.15) is 11.6 Å². The number of nitrogens with zero attached hydrogens (tertiary/aromatic N) is 4. The fourth-order valence-electron chi connectivity index (χ4n) is 2.99. The third-order valence-corrected chi connectivity index (χ3v) is 5.34. The Balaban J connectivity index is 1.64. The average Bonchev–Trinajstić information content (AvgIpc) is 2.95. The number of fused-ring (bicyclic) bond motifs is 1. The van der Waals surface area contributed by atoms with E-state index in [2.05, 4.69) is 27.2 Å². The predicted molar refractivity (Wildman–Crippen MR) is 95.2 cm³/mol. The van der Waals surface area contributed by atoms with Gasteiger partial charge in [-0.25, -0.2) is 15.0 Å². The second kappa shape index (κ2) is 7.25. The van der Waals surface area contributed by atoms with Crippen LogP contribution in [0.15, 0.2) is 5.51 Å². The summed E-state index contributed by atoms with van der Waals surface area (Å²) in [6, 6.07) is 0. The molecule has 0 radical (unpaired) electrons. The van der Waals surface area contributed by atoms with E-state index in [-0.39, 0.29) is 5.91 Å². The zero-order valence-corrected chi connectivity index (χ0v) is 15.2. The highest BCUT2D eigenvalue weighted by molar-refractivity contribution is 7.09. The highest BCUT2D eigenvalue weighted by atomic mass is 32.1. The van der Waals surface area contributed by atoms with E-state index in [1.807, 2.05) is 17.3 Å². The van der Waals surface area contributed by atoms with E-state index in [1.54, 1.807) is 18.3 Å². The van der Waals surface area contributed by atoms with Crippen molar-refractivity contribution < 1.29 is 4.79 Å². The van der Waals surface area contributed by atoms with Crippen LogP contribution in [0.2, 0.25) is 0 Å². The lowest BCUT2D eigenvalue weighted by Crippen LogP contribution is -2.35. The van der Waals surface area contributed by atoms with Gasteiger partial charge in [0.15, 0.2) is 0 Å². The maximum absolute atomic E-state index is 11.6. The summed E-state index contributed by atoms with van der Waals surface area (Å²) >= 11 is 1.72. The van der Waals surface area contributed by atoms with Crippen molar-refractivity contribution in [2.75, 3.05) is 18.4 Å². The van der Waals surface area contributed by atoms with E-state index in [9.17, 15) is 4.79 Å². The van der Waals surface area contributed by atoms with Gasteiger partial charge in [0, 0.05) is 30.5 Å². The van der Waals surface area contributed by atoms with Crippen LogP contribution in [0.5, 0.6) is 0 Å². The van der Waals surface area contributed by atoms with E-state index in [0.29, 0.717) is 6.54 Å². The Morgan fingerprint density at radius 1 is 1.38 bits per heavy atom. The quantitative estimate of drug-likeness (QED) is 0.843. The van der Waals surface area contributed by atoms with Gasteiger partial charge in [-0.15, -0.1) is 11.3 Å². The standard InChI is InChI=1S/C17H23N5OS/c1-11-16(24-10-19-11)5-4-7-18-17-14-6-8-22(13(3)23)9-15(14)20-12(2)21-17/h10H,4-9H2,1-3H3,(H,18,20,21). The number of rotatable bonds is 5. The summed E-state index contributed by atoms with van der Waals surface area (Å²) in [5.41, 5.74) is 5.18. The second-order valence-corrected chi connectivity index (χ2v) is 7.07. The number of amides is 1. The normalized spacial score (nSPS) is 13.7. The SMILES string of the molecule is CC(=O)N1CCc2c(nc(C)nc2NCCCc2scnc2C)C1. The number of aryl methyl sites for hydroxylation is 3. The minimum absolute atomic E-state index is 0.103. The molecule has 1 N–H and O–H groups in total. The van der Waals surface area contributed by atoms with Crippen LogP contribution in [-0.4, -0.2) is 38.8 Å². The number of hydrogen-bond donors (Lipinski definition) is 1. The minimum atomic E-state index is 0.103. The molecule has 1 aliphatic heterocycles. The van der Waals surface area contributed by atoms with Gasteiger partial charge in [-0.1, -0.05) is 0 Å². The van der Waals surface area contributed by atoms with Crippen molar-refractivity contribution in [2.45, 2.75) is 46.6 Å². The lowest BCUT2D eigenvalue weighted by Gasteiger charge is -2.28. The molecule has 0 saturated carbocycles. The maximum Gasteiger partial charge on any atom is 0.219 e. The fourth-order valence-corrected chi connectivity index (χ4v) is 3.81. The zero-order chi connectivity index (χ0) is 17.1. The minimum Gasteiger partial charge on any atom is -0.370 e. The summed E-state index contributed by atoms with van der Waals surface area (Å²) in [5.74, 6) is 1.79. The molecule has 0 atom stereocenters. The summed E-state index contributed by atoms with van der Waals surface area (Å²) < 4.78 is 0. The molecule has 6 nitrogen and oxygen atoms in total. The molecule has 0 saturated heterocycles. The number of nitrogens with one attached hydrogen (secondary N) is 1. The van der Waals surface area contributed by atoms with Crippen LogP contribution in [0.25, 0.3) is 0 Å². The van der Waals surface area contributed by atoms with Gasteiger partial charge in [0.2, 0.25) is 5.91 Å². The Morgan fingerprint density at radius 2 is 2.21 bits per heavy atom. The van der Waals surface area contributed by atoms with Crippen molar-refractivity contribution in [3.05, 3.63) is 33.2 Å². The molecule has 0 spiro atoms. The summed E-state index contributed by atoms with van der Waals surface area (Å²) in [6.45, 7) is 7.77. The fraction of sp³-hybridized carbons (Fsp3) is 0.529. The first-order valence-corrected chi connectivity index (χ1v) is 9.17. The topological polar surface area (TPSA) is 71.0 Å². The van der Waals surface area contributed by atoms with Crippen molar-refractivity contribution in [1.82, 2.24) is 19.9 Å². The van der Waals surface area contributed by atoms with Crippen molar-refractivity contribution in [1.29, 1.82) is 0 Å². The van der Waals surface area contributed by atoms with E-state index in [4.69, 9.17) is 0 Å². The molecular formula is C17H23N5OS. The van der Waals surface area contributed by atoms with Crippen LogP contribution in [0.4, 0.5) is 5.82 Å². The third kappa shape index (κ3) is 3.72. The van der Waals surface area contributed by atoms with Crippen LogP contribution in [0.3, 0.4) is 0 Å². The number of thiazole rings is 1.